The van der Waals surface area contributed by atoms with E-state index in [9.17, 15) is 0 Å². The molecule has 6 aromatic rings. The first-order valence-electron chi connectivity index (χ1n) is 12.6. The summed E-state index contributed by atoms with van der Waals surface area (Å²) < 4.78 is 0. The van der Waals surface area contributed by atoms with Gasteiger partial charge in [-0.15, -0.1) is 0 Å². The van der Waals surface area contributed by atoms with Crippen LogP contribution in [0, 0.1) is 0 Å². The van der Waals surface area contributed by atoms with Crippen molar-refractivity contribution < 1.29 is 0 Å². The first kappa shape index (κ1) is 20.2. The number of rotatable bonds is 2. The molecule has 1 aliphatic rings. The topological polar surface area (TPSA) is 0 Å². The maximum atomic E-state index is 2.45. The van der Waals surface area contributed by atoms with Crippen molar-refractivity contribution in [2.75, 3.05) is 0 Å². The molecule has 0 heterocycles. The summed E-state index contributed by atoms with van der Waals surface area (Å²) in [6.45, 7) is 0. The molecule has 0 radical (unpaired) electrons. The molecule has 166 valence electrons. The molecule has 7 rings (SSSR count). The molecule has 0 aliphatic heterocycles. The number of hydrogen-bond donors (Lipinski definition) is 0. The molecule has 0 saturated heterocycles. The quantitative estimate of drug-likeness (QED) is 0.232. The molecule has 0 unspecified atom stereocenters. The third kappa shape index (κ3) is 3.37. The summed E-state index contributed by atoms with van der Waals surface area (Å²) >= 11 is 0. The lowest BCUT2D eigenvalue weighted by Crippen LogP contribution is -1.94. The summed E-state index contributed by atoms with van der Waals surface area (Å²) in [5.74, 6) is 0. The van der Waals surface area contributed by atoms with Crippen molar-refractivity contribution >= 4 is 44.0 Å². The smallest absolute Gasteiger partial charge is 0.00262 e. The maximum absolute atomic E-state index is 2.45. The Morgan fingerprint density at radius 3 is 1.80 bits per heavy atom. The monoisotopic (exact) mass is 446 g/mol. The van der Waals surface area contributed by atoms with E-state index in [1.807, 2.05) is 0 Å². The van der Waals surface area contributed by atoms with Crippen LogP contribution in [-0.2, 0) is 6.42 Å². The number of benzene rings is 6. The van der Waals surface area contributed by atoms with E-state index >= 15 is 0 Å². The third-order valence-corrected chi connectivity index (χ3v) is 7.57. The predicted molar refractivity (Wildman–Crippen MR) is 152 cm³/mol. The minimum Gasteiger partial charge on any atom is -0.0620 e. The average molecular weight is 447 g/mol. The van der Waals surface area contributed by atoms with Crippen molar-refractivity contribution in [3.8, 4) is 11.1 Å². The fraction of sp³-hybridized carbons (Fsp3) is 0.0857. The zero-order chi connectivity index (χ0) is 23.2. The SMILES string of the molecule is C1=C(c2c3ccccc3c(-c3ccc4ccccc4c3)c3ccccc23)CCCc2ccccc21. The molecule has 0 nitrogen and oxygen atoms in total. The van der Waals surface area contributed by atoms with Gasteiger partial charge in [0, 0.05) is 0 Å². The van der Waals surface area contributed by atoms with Crippen LogP contribution in [0.15, 0.2) is 115 Å². The van der Waals surface area contributed by atoms with E-state index in [0.717, 1.165) is 12.8 Å². The Bertz CT molecular complexity index is 1710. The Morgan fingerprint density at radius 2 is 1.06 bits per heavy atom. The van der Waals surface area contributed by atoms with Gasteiger partial charge in [-0.1, -0.05) is 115 Å². The minimum atomic E-state index is 1.10. The predicted octanol–water partition coefficient (Wildman–Crippen LogP) is 9.69. The van der Waals surface area contributed by atoms with E-state index in [-0.39, 0.29) is 0 Å². The average Bonchev–Trinajstić information content (AvgIpc) is 3.13. The lowest BCUT2D eigenvalue weighted by Gasteiger charge is -2.19. The molecule has 6 aromatic carbocycles. The largest absolute Gasteiger partial charge is 0.0620 e. The Labute approximate surface area is 206 Å². The molecule has 0 heteroatoms. The summed E-state index contributed by atoms with van der Waals surface area (Å²) in [6, 6.07) is 42.4. The van der Waals surface area contributed by atoms with Gasteiger partial charge in [0.05, 0.1) is 0 Å². The van der Waals surface area contributed by atoms with Crippen molar-refractivity contribution in [2.45, 2.75) is 19.3 Å². The molecule has 0 saturated carbocycles. The van der Waals surface area contributed by atoms with Crippen LogP contribution in [0.3, 0.4) is 0 Å². The van der Waals surface area contributed by atoms with Crippen LogP contribution in [0.4, 0.5) is 0 Å². The molecule has 0 bridgehead atoms. The molecular weight excluding hydrogens is 420 g/mol. The van der Waals surface area contributed by atoms with E-state index in [4.69, 9.17) is 0 Å². The Hall–Kier alpha value is -4.16. The van der Waals surface area contributed by atoms with Gasteiger partial charge in [-0.05, 0) is 91.0 Å². The molecule has 0 atom stereocenters. The number of fused-ring (bicyclic) bond motifs is 4. The van der Waals surface area contributed by atoms with Crippen molar-refractivity contribution in [3.63, 3.8) is 0 Å². The summed E-state index contributed by atoms with van der Waals surface area (Å²) in [5.41, 5.74) is 8.30. The van der Waals surface area contributed by atoms with Crippen molar-refractivity contribution in [3.05, 3.63) is 132 Å². The summed E-state index contributed by atoms with van der Waals surface area (Å²) in [6.07, 6.45) is 5.86. The highest BCUT2D eigenvalue weighted by atomic mass is 14.2. The van der Waals surface area contributed by atoms with Gasteiger partial charge in [0.1, 0.15) is 0 Å². The lowest BCUT2D eigenvalue weighted by atomic mass is 9.84. The zero-order valence-electron chi connectivity index (χ0n) is 19.7. The number of aryl methyl sites for hydroxylation is 1. The van der Waals surface area contributed by atoms with Crippen LogP contribution in [0.2, 0.25) is 0 Å². The molecular formula is C35H26. The van der Waals surface area contributed by atoms with Gasteiger partial charge in [0.25, 0.3) is 0 Å². The lowest BCUT2D eigenvalue weighted by molar-refractivity contribution is 0.861. The van der Waals surface area contributed by atoms with Crippen molar-refractivity contribution in [2.24, 2.45) is 0 Å². The normalized spacial score (nSPS) is 13.5. The second-order valence-corrected chi connectivity index (χ2v) is 9.63. The van der Waals surface area contributed by atoms with E-state index in [1.165, 1.54) is 72.1 Å². The van der Waals surface area contributed by atoms with Gasteiger partial charge in [-0.25, -0.2) is 0 Å². The maximum Gasteiger partial charge on any atom is -0.00262 e. The summed E-state index contributed by atoms with van der Waals surface area (Å²) in [5, 5.41) is 7.92. The van der Waals surface area contributed by atoms with Crippen LogP contribution in [0.1, 0.15) is 29.5 Å². The Balaban J connectivity index is 1.57. The van der Waals surface area contributed by atoms with Gasteiger partial charge >= 0.3 is 0 Å². The van der Waals surface area contributed by atoms with Crippen LogP contribution >= 0.6 is 0 Å². The van der Waals surface area contributed by atoms with Gasteiger partial charge in [-0.2, -0.15) is 0 Å². The molecule has 0 spiro atoms. The van der Waals surface area contributed by atoms with Gasteiger partial charge < -0.3 is 0 Å². The third-order valence-electron chi connectivity index (χ3n) is 7.57. The van der Waals surface area contributed by atoms with E-state index in [1.54, 1.807) is 0 Å². The molecule has 35 heavy (non-hydrogen) atoms. The first-order chi connectivity index (χ1) is 17.4. The second kappa shape index (κ2) is 8.25. The van der Waals surface area contributed by atoms with E-state index < -0.39 is 0 Å². The molecule has 0 amide bonds. The zero-order valence-corrected chi connectivity index (χ0v) is 19.7. The van der Waals surface area contributed by atoms with E-state index in [2.05, 4.69) is 121 Å². The highest BCUT2D eigenvalue weighted by Gasteiger charge is 2.19. The molecule has 0 fully saturated rings. The fourth-order valence-electron chi connectivity index (χ4n) is 5.96. The Morgan fingerprint density at radius 1 is 0.457 bits per heavy atom. The van der Waals surface area contributed by atoms with Crippen LogP contribution in [0.25, 0.3) is 55.1 Å². The standard InChI is InChI=1S/C35H26/c1-3-12-26-22-28(15-9-14-24(26)10-1)34-30-16-5-7-18-32(30)35(33-19-8-6-17-31(33)34)29-21-20-25-11-2-4-13-27(25)23-29/h1-8,10-13,16-23H,9,14-15H2. The van der Waals surface area contributed by atoms with Gasteiger partial charge in [0.2, 0.25) is 0 Å². The second-order valence-electron chi connectivity index (χ2n) is 9.63. The molecule has 0 aromatic heterocycles. The summed E-state index contributed by atoms with van der Waals surface area (Å²) in [4.78, 5) is 0. The number of hydrogen-bond acceptors (Lipinski definition) is 0. The first-order valence-corrected chi connectivity index (χ1v) is 12.6. The Kier molecular flexibility index (Phi) is 4.77. The number of allylic oxidation sites excluding steroid dienone is 1. The highest BCUT2D eigenvalue weighted by molar-refractivity contribution is 6.20. The fourth-order valence-corrected chi connectivity index (χ4v) is 5.96. The van der Waals surface area contributed by atoms with E-state index in [0.29, 0.717) is 0 Å². The van der Waals surface area contributed by atoms with Crippen LogP contribution in [-0.4, -0.2) is 0 Å². The van der Waals surface area contributed by atoms with Gasteiger partial charge in [-0.3, -0.25) is 0 Å². The van der Waals surface area contributed by atoms with Crippen molar-refractivity contribution in [1.82, 2.24) is 0 Å². The van der Waals surface area contributed by atoms with Gasteiger partial charge in [0.15, 0.2) is 0 Å². The summed E-state index contributed by atoms with van der Waals surface area (Å²) in [7, 11) is 0. The van der Waals surface area contributed by atoms with Crippen LogP contribution < -0.4 is 0 Å². The molecule has 0 N–H and O–H groups in total. The highest BCUT2D eigenvalue weighted by Crippen LogP contribution is 2.44. The van der Waals surface area contributed by atoms with Crippen molar-refractivity contribution in [1.29, 1.82) is 0 Å². The molecule has 1 aliphatic carbocycles. The van der Waals surface area contributed by atoms with Crippen LogP contribution in [0.5, 0.6) is 0 Å². The minimum absolute atomic E-state index is 1.10.